The highest BCUT2D eigenvalue weighted by molar-refractivity contribution is 4.91. The highest BCUT2D eigenvalue weighted by Crippen LogP contribution is 2.33. The van der Waals surface area contributed by atoms with Gasteiger partial charge in [0.15, 0.2) is 0 Å². The molecule has 1 aliphatic heterocycles. The lowest BCUT2D eigenvalue weighted by molar-refractivity contribution is -0.00867. The molecule has 0 aromatic heterocycles. The fraction of sp³-hybridized carbons (Fsp3) is 1.00. The number of rotatable bonds is 7. The predicted molar refractivity (Wildman–Crippen MR) is 75.9 cm³/mol. The summed E-state index contributed by atoms with van der Waals surface area (Å²) in [5.41, 5.74) is 0.446. The van der Waals surface area contributed by atoms with Crippen molar-refractivity contribution >= 4 is 0 Å². The Bertz CT molecular complexity index is 245. The Morgan fingerprint density at radius 3 is 2.44 bits per heavy atom. The van der Waals surface area contributed by atoms with E-state index >= 15 is 0 Å². The van der Waals surface area contributed by atoms with Crippen LogP contribution in [0.5, 0.6) is 0 Å². The highest BCUT2D eigenvalue weighted by atomic mass is 16.5. The Morgan fingerprint density at radius 2 is 1.94 bits per heavy atom. The lowest BCUT2D eigenvalue weighted by atomic mass is 9.79. The summed E-state index contributed by atoms with van der Waals surface area (Å²) in [5.74, 6) is 0. The van der Waals surface area contributed by atoms with E-state index in [1.54, 1.807) is 0 Å². The molecule has 3 heteroatoms. The quantitative estimate of drug-likeness (QED) is 0.754. The standard InChI is InChI=1S/C15H30N2O/c1-4-17(13(2)3)12-15(7-9-18-10-8-15)11-16-14-5-6-14/h13-14,16H,4-12H2,1-3H3. The Balaban J connectivity index is 1.93. The van der Waals surface area contributed by atoms with Gasteiger partial charge in [0, 0.05) is 38.4 Å². The van der Waals surface area contributed by atoms with E-state index in [0.29, 0.717) is 11.5 Å². The molecule has 18 heavy (non-hydrogen) atoms. The molecule has 0 unspecified atom stereocenters. The second kappa shape index (κ2) is 6.36. The lowest BCUT2D eigenvalue weighted by Gasteiger charge is -2.42. The van der Waals surface area contributed by atoms with Crippen LogP contribution in [0.2, 0.25) is 0 Å². The van der Waals surface area contributed by atoms with Crippen LogP contribution in [0.3, 0.4) is 0 Å². The summed E-state index contributed by atoms with van der Waals surface area (Å²) in [6.07, 6.45) is 5.20. The molecule has 106 valence electrons. The van der Waals surface area contributed by atoms with Crippen molar-refractivity contribution in [2.75, 3.05) is 32.8 Å². The fourth-order valence-electron chi connectivity index (χ4n) is 2.93. The predicted octanol–water partition coefficient (Wildman–Crippen LogP) is 2.27. The first-order chi connectivity index (χ1) is 8.65. The van der Waals surface area contributed by atoms with Gasteiger partial charge < -0.3 is 15.0 Å². The van der Waals surface area contributed by atoms with Gasteiger partial charge in [-0.25, -0.2) is 0 Å². The average molecular weight is 254 g/mol. The SMILES string of the molecule is CCN(CC1(CNC2CC2)CCOCC1)C(C)C. The maximum Gasteiger partial charge on any atom is 0.0472 e. The molecule has 2 fully saturated rings. The maximum atomic E-state index is 5.58. The minimum atomic E-state index is 0.446. The van der Waals surface area contributed by atoms with Gasteiger partial charge in [0.25, 0.3) is 0 Å². The van der Waals surface area contributed by atoms with Gasteiger partial charge in [-0.2, -0.15) is 0 Å². The molecule has 2 rings (SSSR count). The summed E-state index contributed by atoms with van der Waals surface area (Å²) in [6.45, 7) is 12.4. The molecule has 0 aromatic carbocycles. The Labute approximate surface area is 112 Å². The second-order valence-corrected chi connectivity index (χ2v) is 6.42. The molecule has 0 radical (unpaired) electrons. The van der Waals surface area contributed by atoms with Gasteiger partial charge in [0.2, 0.25) is 0 Å². The topological polar surface area (TPSA) is 24.5 Å². The monoisotopic (exact) mass is 254 g/mol. The third-order valence-corrected chi connectivity index (χ3v) is 4.57. The average Bonchev–Trinajstić information content (AvgIpc) is 3.19. The highest BCUT2D eigenvalue weighted by Gasteiger charge is 2.36. The molecule has 1 saturated heterocycles. The van der Waals surface area contributed by atoms with Crippen molar-refractivity contribution < 1.29 is 4.74 Å². The molecule has 0 atom stereocenters. The van der Waals surface area contributed by atoms with Crippen molar-refractivity contribution in [1.29, 1.82) is 0 Å². The summed E-state index contributed by atoms with van der Waals surface area (Å²) in [5, 5.41) is 3.75. The molecule has 0 amide bonds. The van der Waals surface area contributed by atoms with E-state index in [4.69, 9.17) is 4.74 Å². The third kappa shape index (κ3) is 3.94. The van der Waals surface area contributed by atoms with Crippen LogP contribution in [0.15, 0.2) is 0 Å². The largest absolute Gasteiger partial charge is 0.381 e. The number of nitrogens with one attached hydrogen (secondary N) is 1. The summed E-state index contributed by atoms with van der Waals surface area (Å²) in [7, 11) is 0. The van der Waals surface area contributed by atoms with Crippen molar-refractivity contribution in [1.82, 2.24) is 10.2 Å². The third-order valence-electron chi connectivity index (χ3n) is 4.57. The Morgan fingerprint density at radius 1 is 1.28 bits per heavy atom. The summed E-state index contributed by atoms with van der Waals surface area (Å²) in [4.78, 5) is 2.61. The second-order valence-electron chi connectivity index (χ2n) is 6.42. The van der Waals surface area contributed by atoms with Gasteiger partial charge in [0.05, 0.1) is 0 Å². The van der Waals surface area contributed by atoms with Crippen molar-refractivity contribution in [3.8, 4) is 0 Å². The lowest BCUT2D eigenvalue weighted by Crippen LogP contribution is -2.49. The first kappa shape index (κ1) is 14.3. The molecular formula is C15H30N2O. The van der Waals surface area contributed by atoms with Crippen LogP contribution >= 0.6 is 0 Å². The van der Waals surface area contributed by atoms with Gasteiger partial charge in [0.1, 0.15) is 0 Å². The van der Waals surface area contributed by atoms with Gasteiger partial charge >= 0.3 is 0 Å². The van der Waals surface area contributed by atoms with Crippen molar-refractivity contribution in [3.63, 3.8) is 0 Å². The number of nitrogens with zero attached hydrogens (tertiary/aromatic N) is 1. The normalized spacial score (nSPS) is 23.8. The van der Waals surface area contributed by atoms with Gasteiger partial charge in [-0.1, -0.05) is 6.92 Å². The minimum absolute atomic E-state index is 0.446. The van der Waals surface area contributed by atoms with Gasteiger partial charge in [-0.05, 0) is 51.5 Å². The van der Waals surface area contributed by atoms with E-state index in [1.807, 2.05) is 0 Å². The van der Waals surface area contributed by atoms with E-state index in [2.05, 4.69) is 31.0 Å². The van der Waals surface area contributed by atoms with E-state index < -0.39 is 0 Å². The van der Waals surface area contributed by atoms with E-state index in [1.165, 1.54) is 38.8 Å². The minimum Gasteiger partial charge on any atom is -0.381 e. The van der Waals surface area contributed by atoms with Crippen LogP contribution in [-0.2, 0) is 4.74 Å². The van der Waals surface area contributed by atoms with Crippen molar-refractivity contribution in [3.05, 3.63) is 0 Å². The Hall–Kier alpha value is -0.120. The number of hydrogen-bond donors (Lipinski definition) is 1. The molecule has 1 heterocycles. The summed E-state index contributed by atoms with van der Waals surface area (Å²) < 4.78 is 5.58. The summed E-state index contributed by atoms with van der Waals surface area (Å²) >= 11 is 0. The zero-order valence-electron chi connectivity index (χ0n) is 12.4. The van der Waals surface area contributed by atoms with Crippen LogP contribution in [0, 0.1) is 5.41 Å². The zero-order valence-corrected chi connectivity index (χ0v) is 12.4. The van der Waals surface area contributed by atoms with Crippen LogP contribution in [0.1, 0.15) is 46.5 Å². The van der Waals surface area contributed by atoms with Gasteiger partial charge in [-0.3, -0.25) is 0 Å². The molecular weight excluding hydrogens is 224 g/mol. The number of hydrogen-bond acceptors (Lipinski definition) is 3. The fourth-order valence-corrected chi connectivity index (χ4v) is 2.93. The van der Waals surface area contributed by atoms with Crippen LogP contribution < -0.4 is 5.32 Å². The molecule has 0 spiro atoms. The molecule has 1 aliphatic carbocycles. The summed E-state index contributed by atoms with van der Waals surface area (Å²) in [6, 6.07) is 1.47. The van der Waals surface area contributed by atoms with E-state index in [-0.39, 0.29) is 0 Å². The first-order valence-electron chi connectivity index (χ1n) is 7.70. The molecule has 1 saturated carbocycles. The number of ether oxygens (including phenoxy) is 1. The Kier molecular flexibility index (Phi) is 5.05. The smallest absolute Gasteiger partial charge is 0.0472 e. The van der Waals surface area contributed by atoms with Gasteiger partial charge in [-0.15, -0.1) is 0 Å². The van der Waals surface area contributed by atoms with Crippen molar-refractivity contribution in [2.24, 2.45) is 5.41 Å². The van der Waals surface area contributed by atoms with E-state index in [0.717, 1.165) is 25.8 Å². The molecule has 2 aliphatic rings. The molecule has 0 bridgehead atoms. The van der Waals surface area contributed by atoms with Crippen molar-refractivity contribution in [2.45, 2.75) is 58.5 Å². The molecule has 3 nitrogen and oxygen atoms in total. The van der Waals surface area contributed by atoms with Crippen LogP contribution in [0.4, 0.5) is 0 Å². The molecule has 0 aromatic rings. The van der Waals surface area contributed by atoms with Crippen LogP contribution in [-0.4, -0.2) is 49.8 Å². The van der Waals surface area contributed by atoms with Crippen LogP contribution in [0.25, 0.3) is 0 Å². The maximum absolute atomic E-state index is 5.58. The molecule has 1 N–H and O–H groups in total. The van der Waals surface area contributed by atoms with E-state index in [9.17, 15) is 0 Å². The first-order valence-corrected chi connectivity index (χ1v) is 7.70. The zero-order chi connectivity index (χ0) is 13.0.